The number of H-pyrrole nitrogens is 1. The van der Waals surface area contributed by atoms with Gasteiger partial charge in [-0.3, -0.25) is 29.5 Å². The minimum atomic E-state index is -1.06. The van der Waals surface area contributed by atoms with E-state index in [1.807, 2.05) is 11.8 Å². The molecule has 162 valence electrons. The summed E-state index contributed by atoms with van der Waals surface area (Å²) in [6, 6.07) is 5.65. The van der Waals surface area contributed by atoms with Crippen molar-refractivity contribution >= 4 is 35.0 Å². The Morgan fingerprint density at radius 2 is 2.13 bits per heavy atom. The highest BCUT2D eigenvalue weighted by Crippen LogP contribution is 2.31. The van der Waals surface area contributed by atoms with Crippen molar-refractivity contribution in [1.82, 2.24) is 9.97 Å². The van der Waals surface area contributed by atoms with Crippen molar-refractivity contribution in [2.24, 2.45) is 0 Å². The molecule has 2 aromatic rings. The second-order valence-electron chi connectivity index (χ2n) is 7.79. The number of hydrogen-bond donors (Lipinski definition) is 3. The van der Waals surface area contributed by atoms with Gasteiger partial charge in [0, 0.05) is 36.8 Å². The predicted molar refractivity (Wildman–Crippen MR) is 113 cm³/mol. The van der Waals surface area contributed by atoms with Gasteiger partial charge in [0.1, 0.15) is 5.82 Å². The first kappa shape index (κ1) is 20.5. The topological polar surface area (TPSA) is 150 Å². The zero-order chi connectivity index (χ0) is 22.1. The third-order valence-electron chi connectivity index (χ3n) is 5.65. The average molecular weight is 426 g/mol. The molecule has 3 N–H and O–H groups in total. The molecule has 1 aromatic heterocycles. The molecule has 0 spiro atoms. The Hall–Kier alpha value is -3.76. The molecule has 0 radical (unpaired) electrons. The van der Waals surface area contributed by atoms with Crippen LogP contribution >= 0.6 is 0 Å². The second kappa shape index (κ2) is 8.17. The molecule has 0 bridgehead atoms. The molecule has 0 unspecified atom stereocenters. The summed E-state index contributed by atoms with van der Waals surface area (Å²) in [5, 5.41) is 16.1. The highest BCUT2D eigenvalue weighted by Gasteiger charge is 2.35. The van der Waals surface area contributed by atoms with Crippen LogP contribution in [0.3, 0.4) is 0 Å². The summed E-state index contributed by atoms with van der Waals surface area (Å²) in [6.07, 6.45) is 2.83. The number of non-ortho nitro benzene ring substituents is 1. The monoisotopic (exact) mass is 426 g/mol. The third kappa shape index (κ3) is 4.11. The number of piperidine rings is 1. The van der Waals surface area contributed by atoms with Crippen LogP contribution in [0.2, 0.25) is 0 Å². The van der Waals surface area contributed by atoms with Crippen LogP contribution in [-0.2, 0) is 9.59 Å². The number of amides is 2. The quantitative estimate of drug-likeness (QED) is 0.500. The fraction of sp³-hybridized carbons (Fsp3) is 0.400. The number of anilines is 3. The molecule has 31 heavy (non-hydrogen) atoms. The number of carbonyl (C=O) groups is 2. The molecule has 2 atom stereocenters. The molecule has 1 aromatic carbocycles. The molecule has 4 rings (SSSR count). The minimum Gasteiger partial charge on any atom is -0.340 e. The SMILES string of the molecule is C[C@@H]1CCCCN1c1nc2c(c(=O)[nH]1)[C@H](C(=O)Nc1cccc([N+](=O)[O-])c1)CC(=O)N2. The molecule has 2 aliphatic rings. The van der Waals surface area contributed by atoms with Gasteiger partial charge in [0.05, 0.1) is 16.4 Å². The first-order valence-corrected chi connectivity index (χ1v) is 10.1. The number of benzene rings is 1. The Kier molecular flexibility index (Phi) is 5.40. The molecule has 11 nitrogen and oxygen atoms in total. The number of fused-ring (bicyclic) bond motifs is 1. The van der Waals surface area contributed by atoms with E-state index in [-0.39, 0.29) is 35.2 Å². The zero-order valence-electron chi connectivity index (χ0n) is 16.9. The van der Waals surface area contributed by atoms with E-state index in [2.05, 4.69) is 20.6 Å². The van der Waals surface area contributed by atoms with Crippen molar-refractivity contribution < 1.29 is 14.5 Å². The highest BCUT2D eigenvalue weighted by atomic mass is 16.6. The summed E-state index contributed by atoms with van der Waals surface area (Å²) in [7, 11) is 0. The Labute approximate surface area is 177 Å². The summed E-state index contributed by atoms with van der Waals surface area (Å²) in [6.45, 7) is 2.79. The van der Waals surface area contributed by atoms with Crippen molar-refractivity contribution in [1.29, 1.82) is 0 Å². The normalized spacial score (nSPS) is 20.5. The molecule has 0 saturated carbocycles. The van der Waals surface area contributed by atoms with Gasteiger partial charge in [0.15, 0.2) is 0 Å². The number of nitrogens with zero attached hydrogens (tertiary/aromatic N) is 3. The summed E-state index contributed by atoms with van der Waals surface area (Å²) in [4.78, 5) is 57.6. The molecule has 2 amide bonds. The number of carbonyl (C=O) groups excluding carboxylic acids is 2. The summed E-state index contributed by atoms with van der Waals surface area (Å²) >= 11 is 0. The Balaban J connectivity index is 1.65. The standard InChI is InChI=1S/C20H22N6O5/c1-11-5-2-3-8-25(11)20-23-17-16(19(29)24-20)14(10-15(27)22-17)18(28)21-12-6-4-7-13(9-12)26(30)31/h4,6-7,9,11,14H,2-3,5,8,10H2,1H3,(H,21,28)(H2,22,23,24,27,29)/t11-,14-/m1/s1. The lowest BCUT2D eigenvalue weighted by Gasteiger charge is -2.34. The Morgan fingerprint density at radius 1 is 1.32 bits per heavy atom. The lowest BCUT2D eigenvalue weighted by Crippen LogP contribution is -2.41. The van der Waals surface area contributed by atoms with Crippen molar-refractivity contribution in [2.45, 2.75) is 44.6 Å². The van der Waals surface area contributed by atoms with E-state index in [0.29, 0.717) is 5.95 Å². The van der Waals surface area contributed by atoms with Crippen LogP contribution in [0, 0.1) is 10.1 Å². The van der Waals surface area contributed by atoms with E-state index in [4.69, 9.17) is 0 Å². The largest absolute Gasteiger partial charge is 0.340 e. The molecule has 3 heterocycles. The number of rotatable bonds is 4. The van der Waals surface area contributed by atoms with Crippen LogP contribution in [0.5, 0.6) is 0 Å². The second-order valence-corrected chi connectivity index (χ2v) is 7.79. The molecule has 1 fully saturated rings. The van der Waals surface area contributed by atoms with Gasteiger partial charge in [-0.25, -0.2) is 0 Å². The fourth-order valence-corrected chi connectivity index (χ4v) is 4.06. The van der Waals surface area contributed by atoms with Crippen molar-refractivity contribution in [3.8, 4) is 0 Å². The number of aromatic amines is 1. The van der Waals surface area contributed by atoms with E-state index in [1.54, 1.807) is 0 Å². The number of aromatic nitrogens is 2. The predicted octanol–water partition coefficient (Wildman–Crippen LogP) is 2.12. The van der Waals surface area contributed by atoms with Crippen LogP contribution < -0.4 is 21.1 Å². The maximum absolute atomic E-state index is 12.9. The lowest BCUT2D eigenvalue weighted by atomic mass is 9.92. The smallest absolute Gasteiger partial charge is 0.271 e. The number of nitro benzene ring substituents is 1. The highest BCUT2D eigenvalue weighted by molar-refractivity contribution is 6.04. The number of nitrogens with one attached hydrogen (secondary N) is 3. The van der Waals surface area contributed by atoms with Gasteiger partial charge in [-0.2, -0.15) is 4.98 Å². The van der Waals surface area contributed by atoms with Crippen LogP contribution in [0.15, 0.2) is 29.1 Å². The maximum atomic E-state index is 12.9. The maximum Gasteiger partial charge on any atom is 0.271 e. The van der Waals surface area contributed by atoms with Gasteiger partial charge in [-0.15, -0.1) is 0 Å². The van der Waals surface area contributed by atoms with E-state index < -0.39 is 28.2 Å². The van der Waals surface area contributed by atoms with Crippen LogP contribution in [-0.4, -0.2) is 39.3 Å². The van der Waals surface area contributed by atoms with Crippen LogP contribution in [0.25, 0.3) is 0 Å². The Morgan fingerprint density at radius 3 is 2.87 bits per heavy atom. The van der Waals surface area contributed by atoms with Gasteiger partial charge in [0.25, 0.3) is 11.2 Å². The van der Waals surface area contributed by atoms with Gasteiger partial charge in [-0.1, -0.05) is 6.07 Å². The Bertz CT molecular complexity index is 1110. The summed E-state index contributed by atoms with van der Waals surface area (Å²) < 4.78 is 0. The van der Waals surface area contributed by atoms with E-state index in [9.17, 15) is 24.5 Å². The van der Waals surface area contributed by atoms with Crippen molar-refractivity contribution in [3.05, 3.63) is 50.3 Å². The zero-order valence-corrected chi connectivity index (χ0v) is 16.9. The number of hydrogen-bond acceptors (Lipinski definition) is 7. The molecular weight excluding hydrogens is 404 g/mol. The molecule has 1 saturated heterocycles. The lowest BCUT2D eigenvalue weighted by molar-refractivity contribution is -0.384. The summed E-state index contributed by atoms with van der Waals surface area (Å²) in [5.41, 5.74) is -0.387. The van der Waals surface area contributed by atoms with Gasteiger partial charge >= 0.3 is 0 Å². The van der Waals surface area contributed by atoms with E-state index >= 15 is 0 Å². The van der Waals surface area contributed by atoms with Crippen molar-refractivity contribution in [3.63, 3.8) is 0 Å². The summed E-state index contributed by atoms with van der Waals surface area (Å²) in [5.74, 6) is -1.65. The fourth-order valence-electron chi connectivity index (χ4n) is 4.06. The molecule has 2 aliphatic heterocycles. The van der Waals surface area contributed by atoms with E-state index in [0.717, 1.165) is 25.8 Å². The first-order valence-electron chi connectivity index (χ1n) is 10.1. The molecule has 0 aliphatic carbocycles. The third-order valence-corrected chi connectivity index (χ3v) is 5.65. The van der Waals surface area contributed by atoms with Gasteiger partial charge < -0.3 is 15.5 Å². The molecular formula is C20H22N6O5. The van der Waals surface area contributed by atoms with Crippen LogP contribution in [0.1, 0.15) is 44.1 Å². The minimum absolute atomic E-state index is 0.0759. The first-order chi connectivity index (χ1) is 14.8. The number of nitro groups is 1. The van der Waals surface area contributed by atoms with Gasteiger partial charge in [0.2, 0.25) is 17.8 Å². The van der Waals surface area contributed by atoms with Gasteiger partial charge in [-0.05, 0) is 32.3 Å². The molecule has 11 heteroatoms. The average Bonchev–Trinajstić information content (AvgIpc) is 2.73. The van der Waals surface area contributed by atoms with E-state index in [1.165, 1.54) is 24.3 Å². The van der Waals surface area contributed by atoms with Crippen molar-refractivity contribution in [2.75, 3.05) is 22.1 Å². The van der Waals surface area contributed by atoms with Crippen LogP contribution in [0.4, 0.5) is 23.1 Å².